The second-order valence-corrected chi connectivity index (χ2v) is 2.74. The highest BCUT2D eigenvalue weighted by molar-refractivity contribution is 5.09. The minimum Gasteiger partial charge on any atom is -0.384 e. The fourth-order valence-electron chi connectivity index (χ4n) is 0.759. The van der Waals surface area contributed by atoms with Gasteiger partial charge in [-0.15, -0.1) is 0 Å². The van der Waals surface area contributed by atoms with Crippen LogP contribution in [0.5, 0.6) is 0 Å². The summed E-state index contributed by atoms with van der Waals surface area (Å²) < 4.78 is 4.99. The molecule has 0 aliphatic rings. The first-order valence-electron chi connectivity index (χ1n) is 3.82. The Morgan fingerprint density at radius 2 is 1.85 bits per heavy atom. The molecule has 0 amide bonds. The van der Waals surface area contributed by atoms with E-state index in [9.17, 15) is 0 Å². The molecule has 0 bridgehead atoms. The predicted octanol–water partition coefficient (Wildman–Crippen LogP) is 0.740. The van der Waals surface area contributed by atoms with Gasteiger partial charge in [-0.25, -0.2) is 0 Å². The van der Waals surface area contributed by atoms with E-state index in [0.717, 1.165) is 0 Å². The standard InChI is InChI=1S/C9H13N3O/c1-12(2)5-4-9(13-3)8(6-10)7-11/h4-5,8-9H,1-3H3. The molecule has 0 radical (unpaired) electrons. The van der Waals surface area contributed by atoms with E-state index in [-0.39, 0.29) is 0 Å². The van der Waals surface area contributed by atoms with Crippen molar-refractivity contribution in [2.45, 2.75) is 6.10 Å². The largest absolute Gasteiger partial charge is 0.384 e. The normalized spacial score (nSPS) is 12.5. The van der Waals surface area contributed by atoms with Crippen molar-refractivity contribution in [2.24, 2.45) is 5.92 Å². The number of hydrogen-bond acceptors (Lipinski definition) is 4. The van der Waals surface area contributed by atoms with Crippen LogP contribution in [0.3, 0.4) is 0 Å². The van der Waals surface area contributed by atoms with Crippen LogP contribution in [-0.4, -0.2) is 32.2 Å². The molecule has 0 aliphatic heterocycles. The molecule has 0 aromatic carbocycles. The van der Waals surface area contributed by atoms with E-state index in [4.69, 9.17) is 15.3 Å². The molecule has 13 heavy (non-hydrogen) atoms. The third kappa shape index (κ3) is 4.15. The maximum absolute atomic E-state index is 8.59. The summed E-state index contributed by atoms with van der Waals surface area (Å²) in [7, 11) is 5.19. The maximum Gasteiger partial charge on any atom is 0.162 e. The Hall–Kier alpha value is -1.52. The van der Waals surface area contributed by atoms with Gasteiger partial charge in [0.2, 0.25) is 0 Å². The van der Waals surface area contributed by atoms with Gasteiger partial charge in [0.15, 0.2) is 5.92 Å². The Balaban J connectivity index is 4.36. The van der Waals surface area contributed by atoms with Gasteiger partial charge in [-0.1, -0.05) is 0 Å². The Morgan fingerprint density at radius 1 is 1.31 bits per heavy atom. The van der Waals surface area contributed by atoms with Crippen molar-refractivity contribution in [3.8, 4) is 12.1 Å². The lowest BCUT2D eigenvalue weighted by Gasteiger charge is -2.12. The highest BCUT2D eigenvalue weighted by atomic mass is 16.5. The molecule has 0 saturated heterocycles. The first-order valence-corrected chi connectivity index (χ1v) is 3.82. The quantitative estimate of drug-likeness (QED) is 0.638. The van der Waals surface area contributed by atoms with Gasteiger partial charge in [0.25, 0.3) is 0 Å². The summed E-state index contributed by atoms with van der Waals surface area (Å²) in [5.74, 6) is -0.749. The molecule has 0 rings (SSSR count). The van der Waals surface area contributed by atoms with Gasteiger partial charge in [0.1, 0.15) is 6.10 Å². The van der Waals surface area contributed by atoms with Crippen LogP contribution < -0.4 is 0 Å². The summed E-state index contributed by atoms with van der Waals surface area (Å²) in [5, 5.41) is 17.2. The Bertz CT molecular complexity index is 233. The summed E-state index contributed by atoms with van der Waals surface area (Å²) >= 11 is 0. The number of nitrogens with zero attached hydrogens (tertiary/aromatic N) is 3. The molecule has 0 fully saturated rings. The van der Waals surface area contributed by atoms with Crippen LogP contribution in [0.1, 0.15) is 0 Å². The van der Waals surface area contributed by atoms with Crippen LogP contribution in [0.15, 0.2) is 12.3 Å². The van der Waals surface area contributed by atoms with Crippen molar-refractivity contribution in [3.63, 3.8) is 0 Å². The first kappa shape index (κ1) is 11.5. The van der Waals surface area contributed by atoms with Gasteiger partial charge in [0.05, 0.1) is 12.1 Å². The van der Waals surface area contributed by atoms with E-state index in [2.05, 4.69) is 0 Å². The molecule has 0 aliphatic carbocycles. The molecular formula is C9H13N3O. The van der Waals surface area contributed by atoms with E-state index in [1.165, 1.54) is 7.11 Å². The molecular weight excluding hydrogens is 166 g/mol. The third-order valence-corrected chi connectivity index (χ3v) is 1.45. The summed E-state index contributed by atoms with van der Waals surface area (Å²) in [6.45, 7) is 0. The van der Waals surface area contributed by atoms with Crippen molar-refractivity contribution in [1.29, 1.82) is 10.5 Å². The minimum absolute atomic E-state index is 0.461. The molecule has 0 spiro atoms. The number of ether oxygens (including phenoxy) is 1. The average molecular weight is 179 g/mol. The topological polar surface area (TPSA) is 60.0 Å². The highest BCUT2D eigenvalue weighted by Gasteiger charge is 2.17. The van der Waals surface area contributed by atoms with Crippen LogP contribution in [-0.2, 0) is 4.74 Å². The number of hydrogen-bond donors (Lipinski definition) is 0. The molecule has 4 heteroatoms. The highest BCUT2D eigenvalue weighted by Crippen LogP contribution is 2.06. The number of rotatable bonds is 4. The fraction of sp³-hybridized carbons (Fsp3) is 0.556. The first-order chi connectivity index (χ1) is 6.15. The van der Waals surface area contributed by atoms with Crippen LogP contribution in [0.4, 0.5) is 0 Å². The molecule has 1 unspecified atom stereocenters. The summed E-state index contributed by atoms with van der Waals surface area (Å²) in [6, 6.07) is 3.74. The van der Waals surface area contributed by atoms with E-state index < -0.39 is 12.0 Å². The smallest absolute Gasteiger partial charge is 0.162 e. The zero-order valence-corrected chi connectivity index (χ0v) is 8.06. The van der Waals surface area contributed by atoms with Gasteiger partial charge < -0.3 is 9.64 Å². The molecule has 4 nitrogen and oxygen atoms in total. The molecule has 70 valence electrons. The summed E-state index contributed by atoms with van der Waals surface area (Å²) in [6.07, 6.45) is 2.99. The monoisotopic (exact) mass is 179 g/mol. The molecule has 1 atom stereocenters. The lowest BCUT2D eigenvalue weighted by atomic mass is 10.1. The minimum atomic E-state index is -0.749. The van der Waals surface area contributed by atoms with E-state index >= 15 is 0 Å². The van der Waals surface area contributed by atoms with Crippen molar-refractivity contribution in [2.75, 3.05) is 21.2 Å². The maximum atomic E-state index is 8.59. The van der Waals surface area contributed by atoms with E-state index in [1.807, 2.05) is 31.1 Å². The van der Waals surface area contributed by atoms with Crippen molar-refractivity contribution in [3.05, 3.63) is 12.3 Å². The molecule has 0 aromatic rings. The lowest BCUT2D eigenvalue weighted by Crippen LogP contribution is -2.18. The Morgan fingerprint density at radius 3 is 2.15 bits per heavy atom. The van der Waals surface area contributed by atoms with Gasteiger partial charge in [-0.3, -0.25) is 0 Å². The molecule has 0 aromatic heterocycles. The van der Waals surface area contributed by atoms with Crippen LogP contribution >= 0.6 is 0 Å². The zero-order chi connectivity index (χ0) is 10.3. The number of methoxy groups -OCH3 is 1. The fourth-order valence-corrected chi connectivity index (χ4v) is 0.759. The molecule has 0 N–H and O–H groups in total. The summed E-state index contributed by atoms with van der Waals surface area (Å²) in [4.78, 5) is 1.82. The SMILES string of the molecule is COC(C=CN(C)C)C(C#N)C#N. The van der Waals surface area contributed by atoms with Crippen LogP contribution in [0, 0.1) is 28.6 Å². The van der Waals surface area contributed by atoms with Crippen molar-refractivity contribution >= 4 is 0 Å². The van der Waals surface area contributed by atoms with Gasteiger partial charge >= 0.3 is 0 Å². The lowest BCUT2D eigenvalue weighted by molar-refractivity contribution is 0.124. The molecule has 0 heterocycles. The Labute approximate surface area is 78.6 Å². The van der Waals surface area contributed by atoms with E-state index in [0.29, 0.717) is 0 Å². The zero-order valence-electron chi connectivity index (χ0n) is 8.06. The van der Waals surface area contributed by atoms with Gasteiger partial charge in [-0.05, 0) is 12.3 Å². The second-order valence-electron chi connectivity index (χ2n) is 2.74. The second kappa shape index (κ2) is 6.05. The van der Waals surface area contributed by atoms with Crippen molar-refractivity contribution < 1.29 is 4.74 Å². The van der Waals surface area contributed by atoms with Crippen LogP contribution in [0.2, 0.25) is 0 Å². The van der Waals surface area contributed by atoms with Crippen LogP contribution in [0.25, 0.3) is 0 Å². The van der Waals surface area contributed by atoms with Gasteiger partial charge in [0, 0.05) is 21.2 Å². The van der Waals surface area contributed by atoms with Crippen molar-refractivity contribution in [1.82, 2.24) is 4.90 Å². The third-order valence-electron chi connectivity index (χ3n) is 1.45. The number of nitriles is 2. The average Bonchev–Trinajstić information content (AvgIpc) is 2.11. The Kier molecular flexibility index (Phi) is 5.34. The summed E-state index contributed by atoms with van der Waals surface area (Å²) in [5.41, 5.74) is 0. The van der Waals surface area contributed by atoms with Gasteiger partial charge in [-0.2, -0.15) is 10.5 Å². The van der Waals surface area contributed by atoms with E-state index in [1.54, 1.807) is 12.3 Å². The predicted molar refractivity (Wildman–Crippen MR) is 48.3 cm³/mol. The molecule has 0 saturated carbocycles.